The lowest BCUT2D eigenvalue weighted by Gasteiger charge is -2.35. The van der Waals surface area contributed by atoms with Gasteiger partial charge in [-0.2, -0.15) is 5.26 Å². The maximum atomic E-state index is 8.89. The summed E-state index contributed by atoms with van der Waals surface area (Å²) in [4.78, 5) is 0. The zero-order chi connectivity index (χ0) is 18.2. The van der Waals surface area contributed by atoms with Crippen LogP contribution >= 0.6 is 0 Å². The SMILES string of the molecule is CCCC[C@H]1CC[C@H](C2CC=C(CCc3ccc(C#N)cc3)CC2)CC1. The highest BCUT2D eigenvalue weighted by Gasteiger charge is 2.28. The van der Waals surface area contributed by atoms with E-state index >= 15 is 0 Å². The Morgan fingerprint density at radius 1 is 0.962 bits per heavy atom. The van der Waals surface area contributed by atoms with E-state index in [-0.39, 0.29) is 0 Å². The minimum absolute atomic E-state index is 0.762. The van der Waals surface area contributed by atoms with E-state index in [4.69, 9.17) is 5.26 Å². The molecule has 0 spiro atoms. The molecule has 0 radical (unpaired) electrons. The number of hydrogen-bond donors (Lipinski definition) is 0. The lowest BCUT2D eigenvalue weighted by molar-refractivity contribution is 0.185. The van der Waals surface area contributed by atoms with Gasteiger partial charge in [0, 0.05) is 0 Å². The van der Waals surface area contributed by atoms with Gasteiger partial charge in [-0.25, -0.2) is 0 Å². The molecule has 0 aliphatic heterocycles. The van der Waals surface area contributed by atoms with E-state index in [0.29, 0.717) is 0 Å². The standard InChI is InChI=1S/C25H35N/c1-2-3-4-20-11-15-24(16-12-20)25-17-13-22(14-18-25)6-5-21-7-9-23(19-26)10-8-21/h7-10,13,20,24-25H,2-6,11-12,14-18H2,1H3/t20-,24-,25?. The number of unbranched alkanes of at least 4 members (excludes halogenated alkanes) is 1. The number of benzene rings is 1. The lowest BCUT2D eigenvalue weighted by Crippen LogP contribution is -2.23. The molecule has 1 heteroatoms. The topological polar surface area (TPSA) is 23.8 Å². The van der Waals surface area contributed by atoms with Gasteiger partial charge in [0.15, 0.2) is 0 Å². The second kappa shape index (κ2) is 9.96. The van der Waals surface area contributed by atoms with Crippen molar-refractivity contribution in [2.75, 3.05) is 0 Å². The summed E-state index contributed by atoms with van der Waals surface area (Å²) in [6.07, 6.45) is 19.2. The molecule has 1 unspecified atom stereocenters. The molecule has 140 valence electrons. The van der Waals surface area contributed by atoms with Crippen molar-refractivity contribution in [3.8, 4) is 6.07 Å². The van der Waals surface area contributed by atoms with Gasteiger partial charge >= 0.3 is 0 Å². The molecule has 0 bridgehead atoms. The molecule has 1 nitrogen and oxygen atoms in total. The molecule has 0 N–H and O–H groups in total. The van der Waals surface area contributed by atoms with Crippen molar-refractivity contribution in [1.29, 1.82) is 5.26 Å². The van der Waals surface area contributed by atoms with Crippen LogP contribution in [0, 0.1) is 29.1 Å². The van der Waals surface area contributed by atoms with E-state index in [9.17, 15) is 0 Å². The molecule has 0 aromatic heterocycles. The molecule has 1 atom stereocenters. The van der Waals surface area contributed by atoms with Gasteiger partial charge in [-0.15, -0.1) is 0 Å². The van der Waals surface area contributed by atoms with E-state index < -0.39 is 0 Å². The Morgan fingerprint density at radius 2 is 1.73 bits per heavy atom. The Morgan fingerprint density at radius 3 is 2.35 bits per heavy atom. The van der Waals surface area contributed by atoms with Crippen molar-refractivity contribution in [2.24, 2.45) is 17.8 Å². The summed E-state index contributed by atoms with van der Waals surface area (Å²) >= 11 is 0. The summed E-state index contributed by atoms with van der Waals surface area (Å²) in [5, 5.41) is 8.89. The van der Waals surface area contributed by atoms with Gasteiger partial charge < -0.3 is 0 Å². The van der Waals surface area contributed by atoms with Crippen LogP contribution in [0.4, 0.5) is 0 Å². The van der Waals surface area contributed by atoms with E-state index in [1.54, 1.807) is 5.57 Å². The van der Waals surface area contributed by atoms with Crippen LogP contribution < -0.4 is 0 Å². The first-order valence-electron chi connectivity index (χ1n) is 11.0. The van der Waals surface area contributed by atoms with Gasteiger partial charge in [0.05, 0.1) is 11.6 Å². The molecule has 2 aliphatic rings. The minimum Gasteiger partial charge on any atom is -0.192 e. The van der Waals surface area contributed by atoms with Crippen molar-refractivity contribution in [1.82, 2.24) is 0 Å². The molecule has 0 saturated heterocycles. The number of hydrogen-bond acceptors (Lipinski definition) is 1. The smallest absolute Gasteiger partial charge is 0.0991 e. The quantitative estimate of drug-likeness (QED) is 0.477. The molecule has 3 rings (SSSR count). The van der Waals surface area contributed by atoms with Crippen LogP contribution in [0.1, 0.15) is 88.7 Å². The van der Waals surface area contributed by atoms with Gasteiger partial charge in [-0.3, -0.25) is 0 Å². The monoisotopic (exact) mass is 349 g/mol. The number of allylic oxidation sites excluding steroid dienone is 2. The van der Waals surface area contributed by atoms with Crippen LogP contribution in [0.25, 0.3) is 0 Å². The van der Waals surface area contributed by atoms with E-state index in [1.807, 2.05) is 12.1 Å². The van der Waals surface area contributed by atoms with Crippen LogP contribution in [0.5, 0.6) is 0 Å². The van der Waals surface area contributed by atoms with Crippen molar-refractivity contribution in [3.63, 3.8) is 0 Å². The number of nitrogens with zero attached hydrogens (tertiary/aromatic N) is 1. The van der Waals surface area contributed by atoms with Crippen LogP contribution in [0.3, 0.4) is 0 Å². The third-order valence-electron chi connectivity index (χ3n) is 6.89. The third-order valence-corrected chi connectivity index (χ3v) is 6.89. The highest BCUT2D eigenvalue weighted by Crippen LogP contribution is 2.41. The molecule has 0 heterocycles. The van der Waals surface area contributed by atoms with Crippen molar-refractivity contribution in [2.45, 2.75) is 84.0 Å². The predicted molar refractivity (Wildman–Crippen MR) is 110 cm³/mol. The van der Waals surface area contributed by atoms with Crippen LogP contribution in [0.15, 0.2) is 35.9 Å². The largest absolute Gasteiger partial charge is 0.192 e. The van der Waals surface area contributed by atoms with Gasteiger partial charge in [0.1, 0.15) is 0 Å². The Bertz CT molecular complexity index is 611. The average Bonchev–Trinajstić information content (AvgIpc) is 2.72. The van der Waals surface area contributed by atoms with Crippen molar-refractivity contribution in [3.05, 3.63) is 47.0 Å². The van der Waals surface area contributed by atoms with Crippen molar-refractivity contribution < 1.29 is 0 Å². The molecule has 1 fully saturated rings. The fourth-order valence-electron chi connectivity index (χ4n) is 5.06. The molecular formula is C25H35N. The molecule has 1 aromatic rings. The van der Waals surface area contributed by atoms with Crippen LogP contribution in [-0.2, 0) is 6.42 Å². The van der Waals surface area contributed by atoms with E-state index in [1.165, 1.54) is 76.2 Å². The first-order chi connectivity index (χ1) is 12.8. The van der Waals surface area contributed by atoms with Crippen molar-refractivity contribution >= 4 is 0 Å². The molecule has 1 aromatic carbocycles. The summed E-state index contributed by atoms with van der Waals surface area (Å²) in [7, 11) is 0. The fourth-order valence-corrected chi connectivity index (χ4v) is 5.06. The van der Waals surface area contributed by atoms with Crippen LogP contribution in [-0.4, -0.2) is 0 Å². The second-order valence-corrected chi connectivity index (χ2v) is 8.63. The zero-order valence-corrected chi connectivity index (χ0v) is 16.6. The lowest BCUT2D eigenvalue weighted by atomic mass is 9.70. The molecule has 0 amide bonds. The third kappa shape index (κ3) is 5.47. The summed E-state index contributed by atoms with van der Waals surface area (Å²) in [6, 6.07) is 10.3. The number of nitriles is 1. The number of aryl methyl sites for hydroxylation is 1. The van der Waals surface area contributed by atoms with Gasteiger partial charge in [-0.05, 0) is 80.4 Å². The first-order valence-corrected chi connectivity index (χ1v) is 11.0. The highest BCUT2D eigenvalue weighted by atomic mass is 14.3. The first kappa shape index (κ1) is 19.2. The Hall–Kier alpha value is -1.55. The predicted octanol–water partition coefficient (Wildman–Crippen LogP) is 7.21. The summed E-state index contributed by atoms with van der Waals surface area (Å²) in [5.41, 5.74) is 3.79. The second-order valence-electron chi connectivity index (χ2n) is 8.63. The van der Waals surface area contributed by atoms with Gasteiger partial charge in [0.25, 0.3) is 0 Å². The molecule has 2 aliphatic carbocycles. The Labute approximate surface area is 160 Å². The number of rotatable bonds is 7. The summed E-state index contributed by atoms with van der Waals surface area (Å²) in [6.45, 7) is 2.32. The maximum absolute atomic E-state index is 8.89. The summed E-state index contributed by atoms with van der Waals surface area (Å²) < 4.78 is 0. The Kier molecular flexibility index (Phi) is 7.36. The normalized spacial score (nSPS) is 26.2. The van der Waals surface area contributed by atoms with E-state index in [2.05, 4.69) is 31.2 Å². The average molecular weight is 350 g/mol. The molecule has 1 saturated carbocycles. The highest BCUT2D eigenvalue weighted by molar-refractivity contribution is 5.32. The molecular weight excluding hydrogens is 314 g/mol. The van der Waals surface area contributed by atoms with Gasteiger partial charge in [0.2, 0.25) is 0 Å². The molecule has 26 heavy (non-hydrogen) atoms. The Balaban J connectivity index is 1.40. The van der Waals surface area contributed by atoms with E-state index in [0.717, 1.165) is 29.7 Å². The summed E-state index contributed by atoms with van der Waals surface area (Å²) in [5.74, 6) is 3.00. The maximum Gasteiger partial charge on any atom is 0.0991 e. The minimum atomic E-state index is 0.762. The van der Waals surface area contributed by atoms with Gasteiger partial charge in [-0.1, -0.05) is 62.8 Å². The van der Waals surface area contributed by atoms with Crippen LogP contribution in [0.2, 0.25) is 0 Å². The fraction of sp³-hybridized carbons (Fsp3) is 0.640. The zero-order valence-electron chi connectivity index (χ0n) is 16.6.